The first-order chi connectivity index (χ1) is 12.7. The fourth-order valence-electron chi connectivity index (χ4n) is 3.04. The number of guanidine groups is 1. The number of hydrogen-bond donors (Lipinski definition) is 1. The highest BCUT2D eigenvalue weighted by molar-refractivity contribution is 5.80. The van der Waals surface area contributed by atoms with Gasteiger partial charge in [-0.05, 0) is 19.1 Å². The summed E-state index contributed by atoms with van der Waals surface area (Å²) in [6, 6.07) is 8.20. The standard InChI is InChI=1S/C18H26N6O2/c1-14-21-17(26-22-14)7-8-20-18(19-2)24-11-9-23(10-12-24)15-5-4-6-16(13-15)25-3/h4-6,13H,7-12H2,1-3H3,(H,19,20). The normalized spacial score (nSPS) is 15.3. The summed E-state index contributed by atoms with van der Waals surface area (Å²) in [4.78, 5) is 13.3. The summed E-state index contributed by atoms with van der Waals surface area (Å²) in [6.07, 6.45) is 0.684. The zero-order valence-electron chi connectivity index (χ0n) is 15.6. The lowest BCUT2D eigenvalue weighted by atomic mass is 10.2. The lowest BCUT2D eigenvalue weighted by molar-refractivity contribution is 0.363. The van der Waals surface area contributed by atoms with Gasteiger partial charge in [0.25, 0.3) is 0 Å². The van der Waals surface area contributed by atoms with Crippen LogP contribution in [0.4, 0.5) is 5.69 Å². The summed E-state index contributed by atoms with van der Waals surface area (Å²) in [5.41, 5.74) is 1.19. The number of nitrogens with one attached hydrogen (secondary N) is 1. The topological polar surface area (TPSA) is 79.0 Å². The van der Waals surface area contributed by atoms with Crippen LogP contribution in [0.1, 0.15) is 11.7 Å². The molecule has 0 radical (unpaired) electrons. The van der Waals surface area contributed by atoms with Crippen molar-refractivity contribution in [2.24, 2.45) is 4.99 Å². The number of aryl methyl sites for hydroxylation is 1. The van der Waals surface area contributed by atoms with Gasteiger partial charge in [-0.15, -0.1) is 0 Å². The Morgan fingerprint density at radius 3 is 2.77 bits per heavy atom. The second-order valence-electron chi connectivity index (χ2n) is 6.13. The third-order valence-electron chi connectivity index (χ3n) is 4.40. The van der Waals surface area contributed by atoms with Crippen LogP contribution in [-0.4, -0.2) is 67.9 Å². The molecule has 1 aliphatic heterocycles. The minimum absolute atomic E-state index is 0.647. The number of nitrogens with zero attached hydrogens (tertiary/aromatic N) is 5. The Morgan fingerprint density at radius 2 is 2.12 bits per heavy atom. The molecule has 0 atom stereocenters. The number of methoxy groups -OCH3 is 1. The Bertz CT molecular complexity index is 737. The first-order valence-electron chi connectivity index (χ1n) is 8.83. The van der Waals surface area contributed by atoms with Crippen molar-refractivity contribution in [3.8, 4) is 5.75 Å². The zero-order valence-corrected chi connectivity index (χ0v) is 15.6. The number of ether oxygens (including phenoxy) is 1. The van der Waals surface area contributed by atoms with E-state index in [1.165, 1.54) is 5.69 Å². The van der Waals surface area contributed by atoms with Crippen molar-refractivity contribution >= 4 is 11.6 Å². The minimum Gasteiger partial charge on any atom is -0.497 e. The molecule has 2 heterocycles. The molecule has 3 rings (SSSR count). The van der Waals surface area contributed by atoms with Crippen molar-refractivity contribution in [2.75, 3.05) is 51.8 Å². The summed E-state index contributed by atoms with van der Waals surface area (Å²) in [6.45, 7) is 6.24. The molecule has 1 saturated heterocycles. The van der Waals surface area contributed by atoms with Gasteiger partial charge in [-0.3, -0.25) is 4.99 Å². The van der Waals surface area contributed by atoms with Crippen LogP contribution in [0.15, 0.2) is 33.8 Å². The molecule has 140 valence electrons. The maximum absolute atomic E-state index is 5.32. The molecule has 8 nitrogen and oxygen atoms in total. The van der Waals surface area contributed by atoms with E-state index < -0.39 is 0 Å². The Hall–Kier alpha value is -2.77. The summed E-state index contributed by atoms with van der Waals surface area (Å²) in [7, 11) is 3.51. The van der Waals surface area contributed by atoms with E-state index in [0.717, 1.165) is 37.9 Å². The van der Waals surface area contributed by atoms with Gasteiger partial charge in [0.2, 0.25) is 5.89 Å². The number of aromatic nitrogens is 2. The van der Waals surface area contributed by atoms with Crippen molar-refractivity contribution in [3.63, 3.8) is 0 Å². The molecule has 26 heavy (non-hydrogen) atoms. The summed E-state index contributed by atoms with van der Waals surface area (Å²) < 4.78 is 10.5. The van der Waals surface area contributed by atoms with Crippen LogP contribution in [0.25, 0.3) is 0 Å². The SMILES string of the molecule is CN=C(NCCc1nc(C)no1)N1CCN(c2cccc(OC)c2)CC1. The number of anilines is 1. The highest BCUT2D eigenvalue weighted by Gasteiger charge is 2.20. The highest BCUT2D eigenvalue weighted by Crippen LogP contribution is 2.22. The molecule has 8 heteroatoms. The molecule has 1 aromatic heterocycles. The molecule has 0 aliphatic carbocycles. The molecule has 1 aromatic carbocycles. The molecular weight excluding hydrogens is 332 g/mol. The quantitative estimate of drug-likeness (QED) is 0.638. The van der Waals surface area contributed by atoms with Gasteiger partial charge in [0.1, 0.15) is 5.75 Å². The molecular formula is C18H26N6O2. The van der Waals surface area contributed by atoms with Crippen molar-refractivity contribution in [3.05, 3.63) is 36.0 Å². The van der Waals surface area contributed by atoms with Gasteiger partial charge in [0.15, 0.2) is 11.8 Å². The molecule has 0 spiro atoms. The van der Waals surface area contributed by atoms with Gasteiger partial charge in [-0.1, -0.05) is 11.2 Å². The first-order valence-corrected chi connectivity index (χ1v) is 8.83. The number of piperazine rings is 1. The monoisotopic (exact) mass is 358 g/mol. The second-order valence-corrected chi connectivity index (χ2v) is 6.13. The average Bonchev–Trinajstić information content (AvgIpc) is 3.10. The molecule has 1 N–H and O–H groups in total. The van der Waals surface area contributed by atoms with Crippen LogP contribution in [0, 0.1) is 6.92 Å². The number of rotatable bonds is 5. The lowest BCUT2D eigenvalue weighted by Crippen LogP contribution is -2.52. The second kappa shape index (κ2) is 8.55. The van der Waals surface area contributed by atoms with Gasteiger partial charge in [0.05, 0.1) is 7.11 Å². The predicted molar refractivity (Wildman–Crippen MR) is 101 cm³/mol. The van der Waals surface area contributed by atoms with E-state index in [-0.39, 0.29) is 0 Å². The summed E-state index contributed by atoms with van der Waals surface area (Å²) in [5, 5.41) is 7.18. The third-order valence-corrected chi connectivity index (χ3v) is 4.40. The Kier molecular flexibility index (Phi) is 5.93. The van der Waals surface area contributed by atoms with E-state index >= 15 is 0 Å². The van der Waals surface area contributed by atoms with Crippen molar-refractivity contribution in [1.82, 2.24) is 20.4 Å². The minimum atomic E-state index is 0.647. The molecule has 1 aliphatic rings. The molecule has 0 bridgehead atoms. The Labute approximate surface area is 153 Å². The van der Waals surface area contributed by atoms with E-state index in [4.69, 9.17) is 9.26 Å². The van der Waals surface area contributed by atoms with Gasteiger partial charge in [-0.25, -0.2) is 0 Å². The largest absolute Gasteiger partial charge is 0.497 e. The van der Waals surface area contributed by atoms with Crippen molar-refractivity contribution in [2.45, 2.75) is 13.3 Å². The lowest BCUT2D eigenvalue weighted by Gasteiger charge is -2.37. The molecule has 0 amide bonds. The van der Waals surface area contributed by atoms with E-state index in [1.54, 1.807) is 7.11 Å². The maximum Gasteiger partial charge on any atom is 0.228 e. The van der Waals surface area contributed by atoms with Crippen LogP contribution >= 0.6 is 0 Å². The van der Waals surface area contributed by atoms with Gasteiger partial charge >= 0.3 is 0 Å². The highest BCUT2D eigenvalue weighted by atomic mass is 16.5. The summed E-state index contributed by atoms with van der Waals surface area (Å²) >= 11 is 0. The predicted octanol–water partition coefficient (Wildman–Crippen LogP) is 1.33. The number of aliphatic imine (C=N–C) groups is 1. The molecule has 1 fully saturated rings. The van der Waals surface area contributed by atoms with Crippen LogP contribution in [-0.2, 0) is 6.42 Å². The molecule has 2 aromatic rings. The molecule has 0 unspecified atom stereocenters. The third kappa shape index (κ3) is 4.44. The fraction of sp³-hybridized carbons (Fsp3) is 0.500. The van der Waals surface area contributed by atoms with Crippen LogP contribution in [0.5, 0.6) is 5.75 Å². The van der Waals surface area contributed by atoms with E-state index in [2.05, 4.69) is 42.4 Å². The van der Waals surface area contributed by atoms with Crippen LogP contribution < -0.4 is 15.0 Å². The maximum atomic E-state index is 5.32. The average molecular weight is 358 g/mol. The first kappa shape index (κ1) is 18.0. The number of benzene rings is 1. The van der Waals surface area contributed by atoms with Gasteiger partial charge in [0, 0.05) is 57.9 Å². The van der Waals surface area contributed by atoms with Crippen LogP contribution in [0.3, 0.4) is 0 Å². The van der Waals surface area contributed by atoms with Gasteiger partial charge in [-0.2, -0.15) is 4.98 Å². The van der Waals surface area contributed by atoms with E-state index in [9.17, 15) is 0 Å². The van der Waals surface area contributed by atoms with Crippen LogP contribution in [0.2, 0.25) is 0 Å². The smallest absolute Gasteiger partial charge is 0.228 e. The summed E-state index contributed by atoms with van der Waals surface area (Å²) in [5.74, 6) is 3.11. The Balaban J connectivity index is 1.49. The van der Waals surface area contributed by atoms with Crippen molar-refractivity contribution < 1.29 is 9.26 Å². The fourth-order valence-corrected chi connectivity index (χ4v) is 3.04. The van der Waals surface area contributed by atoms with E-state index in [0.29, 0.717) is 24.7 Å². The number of hydrogen-bond acceptors (Lipinski definition) is 6. The van der Waals surface area contributed by atoms with Crippen molar-refractivity contribution in [1.29, 1.82) is 0 Å². The Morgan fingerprint density at radius 1 is 1.31 bits per heavy atom. The van der Waals surface area contributed by atoms with E-state index in [1.807, 2.05) is 26.1 Å². The zero-order chi connectivity index (χ0) is 18.4. The van der Waals surface area contributed by atoms with Gasteiger partial charge < -0.3 is 24.4 Å². The molecule has 0 saturated carbocycles.